The summed E-state index contributed by atoms with van der Waals surface area (Å²) >= 11 is 0. The van der Waals surface area contributed by atoms with E-state index in [2.05, 4.69) is 33.0 Å². The molecule has 1 aliphatic heterocycles. The van der Waals surface area contributed by atoms with Gasteiger partial charge < -0.3 is 25.0 Å². The van der Waals surface area contributed by atoms with Crippen molar-refractivity contribution >= 4 is 29.3 Å². The zero-order chi connectivity index (χ0) is 32.9. The summed E-state index contributed by atoms with van der Waals surface area (Å²) in [6.07, 6.45) is 5.60. The van der Waals surface area contributed by atoms with E-state index in [0.29, 0.717) is 44.8 Å². The number of nitrogens with two attached hydrogens (primary N) is 1. The quantitative estimate of drug-likeness (QED) is 0.331. The molecule has 1 aliphatic rings. The van der Waals surface area contributed by atoms with Gasteiger partial charge in [-0.1, -0.05) is 33.3 Å². The first-order valence-corrected chi connectivity index (χ1v) is 15.9. The number of anilines is 2. The molecule has 13 heteroatoms. The zero-order valence-electron chi connectivity index (χ0n) is 28.0. The number of amides is 2. The molecule has 0 spiro atoms. The maximum absolute atomic E-state index is 13.2. The highest BCUT2D eigenvalue weighted by Gasteiger charge is 2.29. The fourth-order valence-corrected chi connectivity index (χ4v) is 5.41. The predicted octanol–water partition coefficient (Wildman–Crippen LogP) is 4.11. The highest BCUT2D eigenvalue weighted by molar-refractivity contribution is 5.82. The molecule has 3 aromatic rings. The molecule has 2 amide bonds. The second kappa shape index (κ2) is 14.3. The average Bonchev–Trinajstić information content (AvgIpc) is 3.34. The van der Waals surface area contributed by atoms with E-state index in [1.165, 1.54) is 4.90 Å². The Labute approximate surface area is 266 Å². The summed E-state index contributed by atoms with van der Waals surface area (Å²) in [7, 11) is 0. The fraction of sp³-hybridized carbons (Fsp3) is 0.625. The van der Waals surface area contributed by atoms with Gasteiger partial charge in [-0.15, -0.1) is 5.10 Å². The van der Waals surface area contributed by atoms with Gasteiger partial charge >= 0.3 is 12.1 Å². The number of piperazine rings is 1. The Morgan fingerprint density at radius 1 is 1.09 bits per heavy atom. The van der Waals surface area contributed by atoms with Crippen LogP contribution in [0.4, 0.5) is 16.4 Å². The number of pyridine rings is 1. The molecule has 0 saturated carbocycles. The van der Waals surface area contributed by atoms with Gasteiger partial charge in [-0.3, -0.25) is 9.69 Å². The summed E-state index contributed by atoms with van der Waals surface area (Å²) in [5.41, 5.74) is 8.94. The van der Waals surface area contributed by atoms with Crippen LogP contribution < -0.4 is 15.4 Å². The largest absolute Gasteiger partial charge is 0.459 e. The van der Waals surface area contributed by atoms with Gasteiger partial charge in [0.05, 0.1) is 18.0 Å². The summed E-state index contributed by atoms with van der Waals surface area (Å²) in [6, 6.07) is 2.36. The van der Waals surface area contributed by atoms with Gasteiger partial charge in [0.15, 0.2) is 11.5 Å². The van der Waals surface area contributed by atoms with Crippen molar-refractivity contribution in [2.75, 3.05) is 49.9 Å². The monoisotopic (exact) mass is 623 g/mol. The van der Waals surface area contributed by atoms with Gasteiger partial charge in [-0.05, 0) is 58.1 Å². The van der Waals surface area contributed by atoms with Crippen molar-refractivity contribution in [1.29, 1.82) is 0 Å². The Kier molecular flexibility index (Phi) is 10.7. The van der Waals surface area contributed by atoms with Crippen molar-refractivity contribution in [3.05, 3.63) is 35.3 Å². The maximum atomic E-state index is 13.2. The third-order valence-electron chi connectivity index (χ3n) is 7.43. The number of imidazole rings is 1. The number of ether oxygens (including phenoxy) is 2. The van der Waals surface area contributed by atoms with Gasteiger partial charge in [0.1, 0.15) is 18.0 Å². The summed E-state index contributed by atoms with van der Waals surface area (Å²) in [4.78, 5) is 45.0. The van der Waals surface area contributed by atoms with Crippen LogP contribution in [0.2, 0.25) is 0 Å². The minimum Gasteiger partial charge on any atom is -0.459 e. The van der Waals surface area contributed by atoms with Crippen LogP contribution in [0.1, 0.15) is 78.1 Å². The van der Waals surface area contributed by atoms with Crippen molar-refractivity contribution in [3.63, 3.8) is 0 Å². The number of fused-ring (bicyclic) bond motifs is 1. The highest BCUT2D eigenvalue weighted by atomic mass is 16.6. The first kappa shape index (κ1) is 33.7. The average molecular weight is 624 g/mol. The van der Waals surface area contributed by atoms with Gasteiger partial charge in [-0.2, -0.15) is 4.98 Å². The molecule has 0 bridgehead atoms. The number of hydrogen-bond acceptors (Lipinski definition) is 10. The fourth-order valence-electron chi connectivity index (χ4n) is 5.41. The van der Waals surface area contributed by atoms with E-state index in [9.17, 15) is 9.59 Å². The lowest BCUT2D eigenvalue weighted by atomic mass is 10.1. The molecule has 246 valence electrons. The van der Waals surface area contributed by atoms with Crippen LogP contribution in [-0.4, -0.2) is 97.3 Å². The van der Waals surface area contributed by atoms with Gasteiger partial charge in [0.25, 0.3) is 0 Å². The van der Waals surface area contributed by atoms with Crippen LogP contribution in [0.5, 0.6) is 6.01 Å². The second-order valence-corrected chi connectivity index (χ2v) is 13.3. The number of nitrogen functional groups attached to an aromatic ring is 1. The van der Waals surface area contributed by atoms with Crippen molar-refractivity contribution in [2.45, 2.75) is 86.4 Å². The SMILES string of the molecule is CCC[C@H](C)Oc1nc(N)c2ncc(Cc3cnc(N4CCN(C(=O)CN(CC(C)C)C(=O)OC(C)(C)C)CC4)c(C)c3)n2n1. The Bertz CT molecular complexity index is 1480. The number of carbonyl (C=O) groups is 2. The van der Waals surface area contributed by atoms with Crippen LogP contribution in [-0.2, 0) is 16.0 Å². The second-order valence-electron chi connectivity index (χ2n) is 13.3. The van der Waals surface area contributed by atoms with Crippen molar-refractivity contribution < 1.29 is 19.1 Å². The maximum Gasteiger partial charge on any atom is 0.410 e. The molecule has 1 fully saturated rings. The smallest absolute Gasteiger partial charge is 0.410 e. The number of aryl methyl sites for hydroxylation is 1. The topological polar surface area (TPSA) is 144 Å². The third kappa shape index (κ3) is 8.95. The number of rotatable bonds is 11. The van der Waals surface area contributed by atoms with Gasteiger partial charge in [-0.25, -0.2) is 19.3 Å². The molecule has 0 aromatic carbocycles. The molecule has 3 aromatic heterocycles. The lowest BCUT2D eigenvalue weighted by Crippen LogP contribution is -2.52. The van der Waals surface area contributed by atoms with E-state index in [0.717, 1.165) is 35.5 Å². The summed E-state index contributed by atoms with van der Waals surface area (Å²) in [6.45, 7) is 18.5. The normalized spacial score (nSPS) is 14.6. The van der Waals surface area contributed by atoms with E-state index >= 15 is 0 Å². The van der Waals surface area contributed by atoms with Crippen LogP contribution in [0.25, 0.3) is 5.65 Å². The summed E-state index contributed by atoms with van der Waals surface area (Å²) in [5.74, 6) is 1.30. The first-order valence-electron chi connectivity index (χ1n) is 15.9. The number of nitrogens with zero attached hydrogens (tertiary/aromatic N) is 8. The minimum atomic E-state index is -0.623. The Hall–Kier alpha value is -4.16. The van der Waals surface area contributed by atoms with E-state index < -0.39 is 11.7 Å². The molecule has 0 aliphatic carbocycles. The molecule has 4 heterocycles. The van der Waals surface area contributed by atoms with Crippen molar-refractivity contribution in [2.24, 2.45) is 5.92 Å². The number of aromatic nitrogens is 5. The van der Waals surface area contributed by atoms with Crippen LogP contribution in [0.3, 0.4) is 0 Å². The van der Waals surface area contributed by atoms with E-state index in [1.54, 1.807) is 10.7 Å². The molecule has 13 nitrogen and oxygen atoms in total. The van der Waals surface area contributed by atoms with E-state index in [4.69, 9.17) is 20.2 Å². The van der Waals surface area contributed by atoms with Gasteiger partial charge in [0, 0.05) is 45.3 Å². The number of carbonyl (C=O) groups excluding carboxylic acids is 2. The number of hydrogen-bond donors (Lipinski definition) is 1. The molecular weight excluding hydrogens is 574 g/mol. The first-order chi connectivity index (χ1) is 21.2. The molecule has 45 heavy (non-hydrogen) atoms. The Balaban J connectivity index is 1.38. The zero-order valence-corrected chi connectivity index (χ0v) is 28.0. The Morgan fingerprint density at radius 3 is 2.42 bits per heavy atom. The lowest BCUT2D eigenvalue weighted by Gasteiger charge is -2.37. The third-order valence-corrected chi connectivity index (χ3v) is 7.43. The summed E-state index contributed by atoms with van der Waals surface area (Å²) < 4.78 is 13.1. The molecule has 2 N–H and O–H groups in total. The molecule has 1 saturated heterocycles. The summed E-state index contributed by atoms with van der Waals surface area (Å²) in [5, 5.41) is 4.56. The van der Waals surface area contributed by atoms with Crippen LogP contribution in [0.15, 0.2) is 18.5 Å². The molecular formula is C32H49N9O4. The molecule has 4 rings (SSSR count). The van der Waals surface area contributed by atoms with E-state index in [-0.39, 0.29) is 36.3 Å². The van der Waals surface area contributed by atoms with Crippen molar-refractivity contribution in [3.8, 4) is 6.01 Å². The van der Waals surface area contributed by atoms with Gasteiger partial charge in [0.2, 0.25) is 5.91 Å². The molecule has 0 unspecified atom stereocenters. The predicted molar refractivity (Wildman–Crippen MR) is 173 cm³/mol. The van der Waals surface area contributed by atoms with E-state index in [1.807, 2.05) is 59.6 Å². The highest BCUT2D eigenvalue weighted by Crippen LogP contribution is 2.23. The van der Waals surface area contributed by atoms with Crippen LogP contribution >= 0.6 is 0 Å². The minimum absolute atomic E-state index is 0.00426. The molecule has 1 atom stereocenters. The molecule has 0 radical (unpaired) electrons. The lowest BCUT2D eigenvalue weighted by molar-refractivity contribution is -0.132. The van der Waals surface area contributed by atoms with Crippen molar-refractivity contribution in [1.82, 2.24) is 34.4 Å². The van der Waals surface area contributed by atoms with Crippen LogP contribution in [0, 0.1) is 12.8 Å². The Morgan fingerprint density at radius 2 is 1.80 bits per heavy atom. The standard InChI is InChI=1S/C32H49N9O4/c1-9-10-23(5)44-30-36-27(33)29-35-18-25(41(29)37-30)16-24-15-22(4)28(34-17-24)39-13-11-38(12-14-39)26(42)20-40(19-21(2)3)31(43)45-32(6,7)8/h15,17-18,21,23H,9-14,16,19-20H2,1-8H3,(H2,33,36,37)/t23-/m0/s1.